The summed E-state index contributed by atoms with van der Waals surface area (Å²) >= 11 is 0. The molecule has 6 nitrogen and oxygen atoms in total. The van der Waals surface area contributed by atoms with E-state index in [9.17, 15) is 13.2 Å². The van der Waals surface area contributed by atoms with Gasteiger partial charge in [0.25, 0.3) is 6.43 Å². The summed E-state index contributed by atoms with van der Waals surface area (Å²) in [4.78, 5) is 1.39. The largest absolute Gasteiger partial charge is 0.489 e. The number of fused-ring (bicyclic) bond motifs is 1. The molecule has 1 aliphatic heterocycles. The van der Waals surface area contributed by atoms with Crippen LogP contribution >= 0.6 is 0 Å². The molecule has 20 heavy (non-hydrogen) atoms. The number of hydrazine groups is 1. The molecule has 0 bridgehead atoms. The fourth-order valence-electron chi connectivity index (χ4n) is 2.06. The fraction of sp³-hybridized carbons (Fsp3) is 0.364. The average molecular weight is 289 g/mol. The van der Waals surface area contributed by atoms with Crippen LogP contribution in [0, 0.1) is 5.82 Å². The van der Waals surface area contributed by atoms with Crippen LogP contribution in [0.4, 0.5) is 18.9 Å². The van der Waals surface area contributed by atoms with Gasteiger partial charge in [-0.1, -0.05) is 0 Å². The summed E-state index contributed by atoms with van der Waals surface area (Å²) < 4.78 is 44.1. The van der Waals surface area contributed by atoms with E-state index in [2.05, 4.69) is 5.10 Å². The first kappa shape index (κ1) is 14.3. The quantitative estimate of drug-likeness (QED) is 0.322. The van der Waals surface area contributed by atoms with Gasteiger partial charge < -0.3 is 15.4 Å². The minimum atomic E-state index is -2.54. The van der Waals surface area contributed by atoms with Crippen LogP contribution in [0.1, 0.15) is 5.56 Å². The van der Waals surface area contributed by atoms with Crippen molar-refractivity contribution in [3.63, 3.8) is 0 Å². The highest BCUT2D eigenvalue weighted by Gasteiger charge is 2.26. The number of alkyl halides is 2. The Morgan fingerprint density at radius 3 is 2.90 bits per heavy atom. The van der Waals surface area contributed by atoms with Gasteiger partial charge in [-0.05, 0) is 6.07 Å². The summed E-state index contributed by atoms with van der Waals surface area (Å²) in [6, 6.07) is 2.22. The van der Waals surface area contributed by atoms with E-state index in [4.69, 9.17) is 16.3 Å². The van der Waals surface area contributed by atoms with Crippen molar-refractivity contribution in [2.45, 2.75) is 6.43 Å². The second-order valence-electron chi connectivity index (χ2n) is 4.11. The van der Waals surface area contributed by atoms with Crippen molar-refractivity contribution in [1.29, 1.82) is 0 Å². The van der Waals surface area contributed by atoms with E-state index in [1.165, 1.54) is 4.90 Å². The molecule has 0 radical (unpaired) electrons. The lowest BCUT2D eigenvalue weighted by atomic mass is 10.1. The molecule has 9 heteroatoms. The number of halogens is 3. The molecule has 110 valence electrons. The van der Waals surface area contributed by atoms with Gasteiger partial charge in [-0.2, -0.15) is 0 Å². The highest BCUT2D eigenvalue weighted by molar-refractivity contribution is 6.03. The first-order chi connectivity index (χ1) is 9.52. The Kier molecular flexibility index (Phi) is 4.18. The topological polar surface area (TPSA) is 88.9 Å². The highest BCUT2D eigenvalue weighted by Crippen LogP contribution is 2.36. The Morgan fingerprint density at radius 1 is 1.50 bits per heavy atom. The van der Waals surface area contributed by atoms with E-state index in [1.807, 2.05) is 5.53 Å². The van der Waals surface area contributed by atoms with Gasteiger partial charge in [0.15, 0.2) is 5.84 Å². The normalized spacial score (nSPS) is 15.1. The van der Waals surface area contributed by atoms with Crippen molar-refractivity contribution >= 4 is 11.5 Å². The first-order valence-electron chi connectivity index (χ1n) is 5.81. The van der Waals surface area contributed by atoms with Gasteiger partial charge in [-0.25, -0.2) is 24.5 Å². The number of hydrogen-bond acceptors (Lipinski definition) is 5. The molecule has 0 amide bonds. The van der Waals surface area contributed by atoms with E-state index in [0.717, 1.165) is 12.1 Å². The third-order valence-electron chi connectivity index (χ3n) is 2.79. The molecule has 0 spiro atoms. The number of nitrogens with zero attached hydrogens (tertiary/aromatic N) is 2. The number of anilines is 1. The molecular formula is C11H14F3N5O. The number of nitrogens with two attached hydrogens (primary N) is 2. The van der Waals surface area contributed by atoms with Crippen LogP contribution in [0.15, 0.2) is 17.2 Å². The van der Waals surface area contributed by atoms with Crippen molar-refractivity contribution in [2.75, 3.05) is 24.6 Å². The second kappa shape index (κ2) is 5.87. The van der Waals surface area contributed by atoms with Crippen LogP contribution in [0.5, 0.6) is 5.75 Å². The maximum absolute atomic E-state index is 13.5. The lowest BCUT2D eigenvalue weighted by Gasteiger charge is -2.32. The predicted molar refractivity (Wildman–Crippen MR) is 68.2 cm³/mol. The van der Waals surface area contributed by atoms with E-state index in [0.29, 0.717) is 0 Å². The summed E-state index contributed by atoms with van der Waals surface area (Å²) in [6.07, 6.45) is -2.54. The predicted octanol–water partition coefficient (Wildman–Crippen LogP) is 0.373. The van der Waals surface area contributed by atoms with Crippen LogP contribution < -0.4 is 26.7 Å². The Labute approximate surface area is 113 Å². The van der Waals surface area contributed by atoms with Crippen molar-refractivity contribution in [2.24, 2.45) is 16.7 Å². The minimum absolute atomic E-state index is 0.118. The number of ether oxygens (including phenoxy) is 1. The van der Waals surface area contributed by atoms with Crippen LogP contribution in [-0.2, 0) is 0 Å². The van der Waals surface area contributed by atoms with Crippen molar-refractivity contribution in [3.05, 3.63) is 23.5 Å². The number of nitrogens with one attached hydrogen (secondary N) is 1. The molecule has 0 saturated carbocycles. The SMILES string of the molecule is NN/N=C(\N)c1cc(F)cc2c1N(CC(F)F)CCO2. The molecule has 1 aromatic carbocycles. The van der Waals surface area contributed by atoms with Gasteiger partial charge in [0.1, 0.15) is 18.2 Å². The van der Waals surface area contributed by atoms with Crippen molar-refractivity contribution < 1.29 is 17.9 Å². The van der Waals surface area contributed by atoms with Crippen LogP contribution in [-0.4, -0.2) is 32.0 Å². The molecule has 0 aliphatic carbocycles. The zero-order valence-corrected chi connectivity index (χ0v) is 10.4. The number of hydrogen-bond donors (Lipinski definition) is 3. The first-order valence-corrected chi connectivity index (χ1v) is 5.81. The molecule has 2 rings (SSSR count). The van der Waals surface area contributed by atoms with Gasteiger partial charge in [-0.15, -0.1) is 5.10 Å². The number of amidine groups is 1. The van der Waals surface area contributed by atoms with Crippen LogP contribution in [0.3, 0.4) is 0 Å². The number of hydrazone groups is 1. The summed E-state index contributed by atoms with van der Waals surface area (Å²) in [5, 5.41) is 3.54. The Bertz CT molecular complexity index is 523. The van der Waals surface area contributed by atoms with Gasteiger partial charge in [0.2, 0.25) is 0 Å². The van der Waals surface area contributed by atoms with E-state index in [-0.39, 0.29) is 36.0 Å². The minimum Gasteiger partial charge on any atom is -0.489 e. The lowest BCUT2D eigenvalue weighted by Crippen LogP contribution is -2.38. The second-order valence-corrected chi connectivity index (χ2v) is 4.11. The third-order valence-corrected chi connectivity index (χ3v) is 2.79. The number of rotatable bonds is 4. The molecule has 0 atom stereocenters. The summed E-state index contributed by atoms with van der Waals surface area (Å²) in [7, 11) is 0. The maximum Gasteiger partial charge on any atom is 0.255 e. The van der Waals surface area contributed by atoms with Crippen molar-refractivity contribution in [1.82, 2.24) is 5.53 Å². The van der Waals surface area contributed by atoms with Crippen LogP contribution in [0.2, 0.25) is 0 Å². The third kappa shape index (κ3) is 2.87. The van der Waals surface area contributed by atoms with Gasteiger partial charge in [0, 0.05) is 11.6 Å². The summed E-state index contributed by atoms with van der Waals surface area (Å²) in [5.74, 6) is 4.45. The van der Waals surface area contributed by atoms with Crippen molar-refractivity contribution in [3.8, 4) is 5.75 Å². The Balaban J connectivity index is 2.51. The zero-order chi connectivity index (χ0) is 14.7. The number of benzene rings is 1. The molecule has 0 saturated heterocycles. The van der Waals surface area contributed by atoms with Gasteiger partial charge in [-0.3, -0.25) is 0 Å². The fourth-order valence-corrected chi connectivity index (χ4v) is 2.06. The van der Waals surface area contributed by atoms with E-state index in [1.54, 1.807) is 0 Å². The van der Waals surface area contributed by atoms with Gasteiger partial charge in [0.05, 0.1) is 18.8 Å². The van der Waals surface area contributed by atoms with Gasteiger partial charge >= 0.3 is 0 Å². The average Bonchev–Trinajstić information content (AvgIpc) is 2.37. The lowest BCUT2D eigenvalue weighted by molar-refractivity contribution is 0.151. The summed E-state index contributed by atoms with van der Waals surface area (Å²) in [5.41, 5.74) is 8.08. The molecular weight excluding hydrogens is 275 g/mol. The molecule has 1 aliphatic rings. The maximum atomic E-state index is 13.5. The highest BCUT2D eigenvalue weighted by atomic mass is 19.3. The smallest absolute Gasteiger partial charge is 0.255 e. The molecule has 1 aromatic rings. The molecule has 0 unspecified atom stereocenters. The molecule has 0 aromatic heterocycles. The van der Waals surface area contributed by atoms with E-state index < -0.39 is 18.8 Å². The molecule has 5 N–H and O–H groups in total. The Hall–Kier alpha value is -2.16. The van der Waals surface area contributed by atoms with Crippen LogP contribution in [0.25, 0.3) is 0 Å². The molecule has 1 heterocycles. The standard InChI is InChI=1S/C11H14F3N5O/c12-6-3-7(11(15)17-18-16)10-8(4-6)20-2-1-19(10)5-9(13)14/h3-4,9,18H,1-2,5,16H2,(H2,15,17). The Morgan fingerprint density at radius 2 is 2.25 bits per heavy atom. The summed E-state index contributed by atoms with van der Waals surface area (Å²) in [6.45, 7) is -0.0631. The monoisotopic (exact) mass is 289 g/mol. The van der Waals surface area contributed by atoms with E-state index >= 15 is 0 Å². The molecule has 0 fully saturated rings. The zero-order valence-electron chi connectivity index (χ0n) is 10.4.